The number of aliphatic hydroxyl groups is 1. The number of aryl methyl sites for hydroxylation is 2. The number of benzene rings is 2. The molecule has 0 saturated heterocycles. The number of hydrogen-bond acceptors (Lipinski definition) is 4. The maximum absolute atomic E-state index is 13.2. The van der Waals surface area contributed by atoms with E-state index in [2.05, 4.69) is 4.98 Å². The zero-order valence-electron chi connectivity index (χ0n) is 16.7. The van der Waals surface area contributed by atoms with Crippen LogP contribution in [0.4, 0.5) is 0 Å². The summed E-state index contributed by atoms with van der Waals surface area (Å²) in [4.78, 5) is 18.1. The van der Waals surface area contributed by atoms with E-state index in [9.17, 15) is 9.90 Å². The van der Waals surface area contributed by atoms with Gasteiger partial charge in [0.2, 0.25) is 0 Å². The highest BCUT2D eigenvalue weighted by atomic mass is 16.5. The van der Waals surface area contributed by atoms with Crippen molar-refractivity contribution in [3.63, 3.8) is 0 Å². The first-order chi connectivity index (χ1) is 13.5. The van der Waals surface area contributed by atoms with Crippen LogP contribution in [-0.4, -0.2) is 48.3 Å². The van der Waals surface area contributed by atoms with Crippen LogP contribution in [0, 0.1) is 13.8 Å². The third-order valence-corrected chi connectivity index (χ3v) is 5.06. The van der Waals surface area contributed by atoms with Crippen LogP contribution in [-0.2, 0) is 6.54 Å². The fourth-order valence-corrected chi connectivity index (χ4v) is 3.36. The summed E-state index contributed by atoms with van der Waals surface area (Å²) in [6.07, 6.45) is 0. The number of ether oxygens (including phenoxy) is 2. The van der Waals surface area contributed by atoms with Gasteiger partial charge in [0, 0.05) is 40.8 Å². The van der Waals surface area contributed by atoms with Crippen LogP contribution in [0.2, 0.25) is 0 Å². The summed E-state index contributed by atoms with van der Waals surface area (Å²) in [5.41, 5.74) is 4.64. The number of rotatable bonds is 7. The molecule has 1 heterocycles. The number of amides is 1. The Labute approximate surface area is 164 Å². The lowest BCUT2D eigenvalue weighted by Crippen LogP contribution is -2.33. The van der Waals surface area contributed by atoms with Crippen molar-refractivity contribution in [1.82, 2.24) is 9.88 Å². The Balaban J connectivity index is 1.94. The van der Waals surface area contributed by atoms with Gasteiger partial charge in [-0.15, -0.1) is 0 Å². The van der Waals surface area contributed by atoms with E-state index in [-0.39, 0.29) is 19.1 Å². The van der Waals surface area contributed by atoms with Gasteiger partial charge in [-0.3, -0.25) is 4.79 Å². The molecule has 3 rings (SSSR count). The minimum atomic E-state index is -0.140. The molecule has 1 aromatic heterocycles. The molecule has 6 nitrogen and oxygen atoms in total. The Kier molecular flexibility index (Phi) is 5.90. The Bertz CT molecular complexity index is 994. The monoisotopic (exact) mass is 382 g/mol. The number of aromatic nitrogens is 1. The highest BCUT2D eigenvalue weighted by Crippen LogP contribution is 2.27. The molecule has 0 radical (unpaired) electrons. The van der Waals surface area contributed by atoms with Gasteiger partial charge in [0.25, 0.3) is 5.91 Å². The molecule has 28 heavy (non-hydrogen) atoms. The molecular formula is C22H26N2O4. The summed E-state index contributed by atoms with van der Waals surface area (Å²) in [6.45, 7) is 4.47. The molecule has 0 unspecified atom stereocenters. The van der Waals surface area contributed by atoms with E-state index in [1.807, 2.05) is 50.2 Å². The van der Waals surface area contributed by atoms with Crippen LogP contribution in [0.5, 0.6) is 11.5 Å². The lowest BCUT2D eigenvalue weighted by molar-refractivity contribution is 0.0706. The number of aliphatic hydroxyl groups excluding tert-OH is 1. The summed E-state index contributed by atoms with van der Waals surface area (Å²) in [5, 5.41) is 10.5. The maximum atomic E-state index is 13.2. The molecule has 0 aliphatic heterocycles. The van der Waals surface area contributed by atoms with Gasteiger partial charge >= 0.3 is 0 Å². The van der Waals surface area contributed by atoms with Gasteiger partial charge in [-0.05, 0) is 55.8 Å². The van der Waals surface area contributed by atoms with Crippen LogP contribution in [0.25, 0.3) is 10.9 Å². The van der Waals surface area contributed by atoms with Crippen molar-refractivity contribution in [1.29, 1.82) is 0 Å². The van der Waals surface area contributed by atoms with E-state index in [0.717, 1.165) is 27.7 Å². The smallest absolute Gasteiger partial charge is 0.254 e. The molecule has 1 amide bonds. The first-order valence-electron chi connectivity index (χ1n) is 9.18. The van der Waals surface area contributed by atoms with E-state index >= 15 is 0 Å². The topological polar surface area (TPSA) is 74.8 Å². The zero-order chi connectivity index (χ0) is 20.3. The van der Waals surface area contributed by atoms with Crippen molar-refractivity contribution >= 4 is 16.8 Å². The fourth-order valence-electron chi connectivity index (χ4n) is 3.36. The summed E-state index contributed by atoms with van der Waals surface area (Å²) >= 11 is 0. The molecule has 2 N–H and O–H groups in total. The summed E-state index contributed by atoms with van der Waals surface area (Å²) in [7, 11) is 3.19. The lowest BCUT2D eigenvalue weighted by atomic mass is 10.1. The molecule has 0 saturated carbocycles. The predicted molar refractivity (Wildman–Crippen MR) is 109 cm³/mol. The van der Waals surface area contributed by atoms with Crippen molar-refractivity contribution in [3.8, 4) is 11.5 Å². The van der Waals surface area contributed by atoms with Gasteiger partial charge in [0.05, 0.1) is 20.8 Å². The Hall–Kier alpha value is -2.99. The molecule has 0 aliphatic rings. The molecule has 0 atom stereocenters. The number of carbonyl (C=O) groups excluding carboxylic acids is 1. The van der Waals surface area contributed by atoms with Crippen LogP contribution in [0.15, 0.2) is 36.4 Å². The Morgan fingerprint density at radius 1 is 1.11 bits per heavy atom. The highest BCUT2D eigenvalue weighted by Gasteiger charge is 2.19. The fraction of sp³-hybridized carbons (Fsp3) is 0.318. The number of carbonyl (C=O) groups is 1. The Morgan fingerprint density at radius 2 is 1.89 bits per heavy atom. The van der Waals surface area contributed by atoms with Gasteiger partial charge in [-0.1, -0.05) is 0 Å². The SMILES string of the molecule is COc1ccc(OC)c(CN(CCO)C(=O)c2ccc3[nH]c(C)c(C)c3c2)c1. The number of nitrogens with zero attached hydrogens (tertiary/aromatic N) is 1. The average molecular weight is 382 g/mol. The second kappa shape index (κ2) is 8.35. The predicted octanol–water partition coefficient (Wildman–Crippen LogP) is 3.44. The van der Waals surface area contributed by atoms with Gasteiger partial charge < -0.3 is 24.5 Å². The van der Waals surface area contributed by atoms with Gasteiger partial charge in [-0.2, -0.15) is 0 Å². The van der Waals surface area contributed by atoms with Crippen molar-refractivity contribution < 1.29 is 19.4 Å². The van der Waals surface area contributed by atoms with Crippen LogP contribution >= 0.6 is 0 Å². The highest BCUT2D eigenvalue weighted by molar-refractivity contribution is 5.99. The first kappa shape index (κ1) is 19.8. The van der Waals surface area contributed by atoms with Gasteiger partial charge in [0.15, 0.2) is 0 Å². The molecule has 0 bridgehead atoms. The second-order valence-corrected chi connectivity index (χ2v) is 6.76. The third kappa shape index (κ3) is 3.82. The quantitative estimate of drug-likeness (QED) is 0.656. The van der Waals surface area contributed by atoms with E-state index in [1.165, 1.54) is 0 Å². The molecular weight excluding hydrogens is 356 g/mol. The minimum absolute atomic E-state index is 0.122. The lowest BCUT2D eigenvalue weighted by Gasteiger charge is -2.23. The molecule has 0 spiro atoms. The standard InChI is InChI=1S/C22H26N2O4/c1-14-15(2)23-20-7-5-16(12-19(14)20)22(26)24(9-10-25)13-17-11-18(27-3)6-8-21(17)28-4/h5-8,11-12,23,25H,9-10,13H2,1-4H3. The molecule has 3 aromatic rings. The normalized spacial score (nSPS) is 10.9. The Morgan fingerprint density at radius 3 is 2.57 bits per heavy atom. The van der Waals surface area contributed by atoms with Crippen LogP contribution in [0.1, 0.15) is 27.2 Å². The van der Waals surface area contributed by atoms with E-state index in [0.29, 0.717) is 23.6 Å². The summed E-state index contributed by atoms with van der Waals surface area (Å²) < 4.78 is 10.7. The number of fused-ring (bicyclic) bond motifs is 1. The van der Waals surface area contributed by atoms with Crippen LogP contribution in [0.3, 0.4) is 0 Å². The zero-order valence-corrected chi connectivity index (χ0v) is 16.7. The van der Waals surface area contributed by atoms with Gasteiger partial charge in [0.1, 0.15) is 11.5 Å². The van der Waals surface area contributed by atoms with Crippen LogP contribution < -0.4 is 9.47 Å². The number of methoxy groups -OCH3 is 2. The van der Waals surface area contributed by atoms with E-state index in [1.54, 1.807) is 19.1 Å². The number of H-pyrrole nitrogens is 1. The second-order valence-electron chi connectivity index (χ2n) is 6.76. The molecule has 2 aromatic carbocycles. The van der Waals surface area contributed by atoms with Crippen molar-refractivity contribution in [3.05, 3.63) is 58.8 Å². The largest absolute Gasteiger partial charge is 0.497 e. The van der Waals surface area contributed by atoms with E-state index < -0.39 is 0 Å². The molecule has 0 aliphatic carbocycles. The summed E-state index contributed by atoms with van der Waals surface area (Å²) in [5.74, 6) is 1.22. The van der Waals surface area contributed by atoms with Crippen molar-refractivity contribution in [2.45, 2.75) is 20.4 Å². The number of nitrogens with one attached hydrogen (secondary N) is 1. The first-order valence-corrected chi connectivity index (χ1v) is 9.18. The molecule has 6 heteroatoms. The van der Waals surface area contributed by atoms with Crippen molar-refractivity contribution in [2.24, 2.45) is 0 Å². The third-order valence-electron chi connectivity index (χ3n) is 5.06. The maximum Gasteiger partial charge on any atom is 0.254 e. The molecule has 0 fully saturated rings. The molecule has 148 valence electrons. The summed E-state index contributed by atoms with van der Waals surface area (Å²) in [6, 6.07) is 11.1. The number of hydrogen-bond donors (Lipinski definition) is 2. The van der Waals surface area contributed by atoms with Crippen molar-refractivity contribution in [2.75, 3.05) is 27.4 Å². The van der Waals surface area contributed by atoms with Gasteiger partial charge in [-0.25, -0.2) is 0 Å². The minimum Gasteiger partial charge on any atom is -0.497 e. The average Bonchev–Trinajstić information content (AvgIpc) is 3.00. The number of aromatic amines is 1. The van der Waals surface area contributed by atoms with E-state index in [4.69, 9.17) is 9.47 Å².